The summed E-state index contributed by atoms with van der Waals surface area (Å²) in [5, 5.41) is 20.6. The third kappa shape index (κ3) is 4.63. The summed E-state index contributed by atoms with van der Waals surface area (Å²) in [6.45, 7) is 2.44. The first-order chi connectivity index (χ1) is 13.6. The molecule has 3 rings (SSSR count). The fourth-order valence-corrected chi connectivity index (χ4v) is 2.70. The molecule has 0 atom stereocenters. The van der Waals surface area contributed by atoms with Crippen LogP contribution in [0.4, 0.5) is 5.69 Å². The Morgan fingerprint density at radius 3 is 2.57 bits per heavy atom. The van der Waals surface area contributed by atoms with Crippen molar-refractivity contribution < 1.29 is 9.66 Å². The van der Waals surface area contributed by atoms with Crippen LogP contribution in [-0.2, 0) is 6.61 Å². The molecule has 0 saturated carbocycles. The molecule has 0 spiro atoms. The topological polar surface area (TPSA) is 76.2 Å². The lowest BCUT2D eigenvalue weighted by atomic mass is 10.0. The molecule has 0 aliphatic rings. The number of para-hydroxylation sites is 1. The molecule has 0 fully saturated rings. The van der Waals surface area contributed by atoms with Gasteiger partial charge in [-0.2, -0.15) is 5.26 Å². The molecule has 0 N–H and O–H groups in total. The summed E-state index contributed by atoms with van der Waals surface area (Å²) in [5.74, 6) is 0.640. The Morgan fingerprint density at radius 2 is 1.86 bits per heavy atom. The van der Waals surface area contributed by atoms with E-state index in [4.69, 9.17) is 4.74 Å². The Hall–Kier alpha value is -3.91. The van der Waals surface area contributed by atoms with Crippen molar-refractivity contribution in [2.24, 2.45) is 0 Å². The Morgan fingerprint density at radius 1 is 1.11 bits per heavy atom. The number of nitro benzene ring substituents is 1. The molecule has 0 heterocycles. The van der Waals surface area contributed by atoms with Gasteiger partial charge in [0.05, 0.1) is 16.6 Å². The third-order valence-electron chi connectivity index (χ3n) is 4.22. The third-order valence-corrected chi connectivity index (χ3v) is 4.22. The van der Waals surface area contributed by atoms with Crippen molar-refractivity contribution in [3.8, 4) is 11.8 Å². The molecule has 138 valence electrons. The van der Waals surface area contributed by atoms with Crippen molar-refractivity contribution in [3.63, 3.8) is 0 Å². The molecular formula is C23H18N2O3. The molecule has 28 heavy (non-hydrogen) atoms. The van der Waals surface area contributed by atoms with E-state index in [1.807, 2.05) is 55.5 Å². The van der Waals surface area contributed by atoms with E-state index >= 15 is 0 Å². The van der Waals surface area contributed by atoms with Gasteiger partial charge in [-0.05, 0) is 30.2 Å². The lowest BCUT2D eigenvalue weighted by Gasteiger charge is -2.10. The number of non-ortho nitro benzene ring substituents is 1. The molecule has 5 nitrogen and oxygen atoms in total. The summed E-state index contributed by atoms with van der Waals surface area (Å²) in [7, 11) is 0. The van der Waals surface area contributed by atoms with Gasteiger partial charge >= 0.3 is 0 Å². The van der Waals surface area contributed by atoms with Gasteiger partial charge in [-0.1, -0.05) is 60.2 Å². The Bertz CT molecular complexity index is 1060. The predicted molar refractivity (Wildman–Crippen MR) is 109 cm³/mol. The van der Waals surface area contributed by atoms with Crippen molar-refractivity contribution in [1.29, 1.82) is 5.26 Å². The van der Waals surface area contributed by atoms with Gasteiger partial charge in [0.25, 0.3) is 5.69 Å². The number of hydrogen-bond acceptors (Lipinski definition) is 4. The lowest BCUT2D eigenvalue weighted by molar-refractivity contribution is -0.384. The van der Waals surface area contributed by atoms with E-state index in [0.29, 0.717) is 23.5 Å². The van der Waals surface area contributed by atoms with Crippen LogP contribution in [0.15, 0.2) is 72.8 Å². The molecule has 0 saturated heterocycles. The van der Waals surface area contributed by atoms with E-state index in [9.17, 15) is 15.4 Å². The van der Waals surface area contributed by atoms with Crippen LogP contribution >= 0.6 is 0 Å². The molecule has 0 radical (unpaired) electrons. The fourth-order valence-electron chi connectivity index (χ4n) is 2.70. The van der Waals surface area contributed by atoms with E-state index in [2.05, 4.69) is 6.07 Å². The lowest BCUT2D eigenvalue weighted by Crippen LogP contribution is -1.97. The summed E-state index contributed by atoms with van der Waals surface area (Å²) in [6, 6.07) is 23.6. The van der Waals surface area contributed by atoms with E-state index in [1.54, 1.807) is 18.2 Å². The van der Waals surface area contributed by atoms with E-state index < -0.39 is 4.92 Å². The second-order valence-corrected chi connectivity index (χ2v) is 6.29. The minimum atomic E-state index is -0.475. The first kappa shape index (κ1) is 18.9. The molecule has 0 aliphatic heterocycles. The molecule has 3 aromatic carbocycles. The summed E-state index contributed by atoms with van der Waals surface area (Å²) < 4.78 is 5.94. The van der Waals surface area contributed by atoms with Crippen LogP contribution in [0.3, 0.4) is 0 Å². The number of nitrogens with zero attached hydrogens (tertiary/aromatic N) is 2. The van der Waals surface area contributed by atoms with Crippen LogP contribution in [0.5, 0.6) is 5.75 Å². The van der Waals surface area contributed by atoms with Crippen LogP contribution in [0.25, 0.3) is 11.6 Å². The Kier molecular flexibility index (Phi) is 5.83. The Labute approximate surface area is 163 Å². The molecule has 0 aliphatic carbocycles. The first-order valence-electron chi connectivity index (χ1n) is 8.71. The zero-order valence-corrected chi connectivity index (χ0v) is 15.3. The summed E-state index contributed by atoms with van der Waals surface area (Å²) in [6.07, 6.45) is 1.68. The SMILES string of the molecule is Cc1ccc(COc2ccccc2C=C(C#N)c2cccc([N+](=O)[O-])c2)cc1. The number of allylic oxidation sites excluding steroid dienone is 1. The minimum absolute atomic E-state index is 0.0532. The maximum absolute atomic E-state index is 11.0. The standard InChI is InChI=1S/C23H18N2O3/c1-17-9-11-18(12-10-17)16-28-23-8-3-2-5-20(23)13-21(15-24)19-6-4-7-22(14-19)25(26)27/h2-14H,16H2,1H3. The number of hydrogen-bond donors (Lipinski definition) is 0. The maximum atomic E-state index is 11.0. The van der Waals surface area contributed by atoms with Crippen molar-refractivity contribution in [2.45, 2.75) is 13.5 Å². The number of nitro groups is 1. The van der Waals surface area contributed by atoms with Gasteiger partial charge in [0.15, 0.2) is 0 Å². The quantitative estimate of drug-likeness (QED) is 0.247. The van der Waals surface area contributed by atoms with Gasteiger partial charge in [-0.15, -0.1) is 0 Å². The number of ether oxygens (including phenoxy) is 1. The van der Waals surface area contributed by atoms with E-state index in [1.165, 1.54) is 17.7 Å². The van der Waals surface area contributed by atoms with Gasteiger partial charge in [0.2, 0.25) is 0 Å². The highest BCUT2D eigenvalue weighted by atomic mass is 16.6. The number of rotatable bonds is 6. The zero-order chi connectivity index (χ0) is 19.9. The Balaban J connectivity index is 1.88. The summed E-state index contributed by atoms with van der Waals surface area (Å²) >= 11 is 0. The summed E-state index contributed by atoms with van der Waals surface area (Å²) in [4.78, 5) is 10.5. The molecule has 0 unspecified atom stereocenters. The van der Waals surface area contributed by atoms with Gasteiger partial charge in [0, 0.05) is 17.7 Å². The second-order valence-electron chi connectivity index (χ2n) is 6.29. The first-order valence-corrected chi connectivity index (χ1v) is 8.71. The summed E-state index contributed by atoms with van der Waals surface area (Å²) in [5.41, 5.74) is 3.73. The monoisotopic (exact) mass is 370 g/mol. The molecule has 0 aromatic heterocycles. The predicted octanol–water partition coefficient (Wildman–Crippen LogP) is 5.55. The van der Waals surface area contributed by atoms with Gasteiger partial charge < -0.3 is 4.74 Å². The van der Waals surface area contributed by atoms with Crippen LogP contribution in [0.1, 0.15) is 22.3 Å². The van der Waals surface area contributed by atoms with E-state index in [0.717, 1.165) is 11.1 Å². The molecule has 3 aromatic rings. The van der Waals surface area contributed by atoms with Crippen molar-refractivity contribution in [3.05, 3.63) is 105 Å². The van der Waals surface area contributed by atoms with Crippen LogP contribution in [0, 0.1) is 28.4 Å². The highest BCUT2D eigenvalue weighted by Crippen LogP contribution is 2.27. The molecule has 0 bridgehead atoms. The van der Waals surface area contributed by atoms with Gasteiger partial charge in [-0.25, -0.2) is 0 Å². The highest BCUT2D eigenvalue weighted by Gasteiger charge is 2.10. The van der Waals surface area contributed by atoms with Crippen molar-refractivity contribution in [2.75, 3.05) is 0 Å². The largest absolute Gasteiger partial charge is 0.488 e. The van der Waals surface area contributed by atoms with Crippen LogP contribution in [-0.4, -0.2) is 4.92 Å². The smallest absolute Gasteiger partial charge is 0.270 e. The van der Waals surface area contributed by atoms with Crippen molar-refractivity contribution >= 4 is 17.3 Å². The van der Waals surface area contributed by atoms with E-state index in [-0.39, 0.29) is 5.69 Å². The second kappa shape index (κ2) is 8.65. The maximum Gasteiger partial charge on any atom is 0.270 e. The van der Waals surface area contributed by atoms with Crippen LogP contribution < -0.4 is 4.74 Å². The molecular weight excluding hydrogens is 352 g/mol. The van der Waals surface area contributed by atoms with Crippen LogP contribution in [0.2, 0.25) is 0 Å². The molecule has 5 heteroatoms. The zero-order valence-electron chi connectivity index (χ0n) is 15.3. The minimum Gasteiger partial charge on any atom is -0.488 e. The van der Waals surface area contributed by atoms with Gasteiger partial charge in [0.1, 0.15) is 12.4 Å². The fraction of sp³-hybridized carbons (Fsp3) is 0.0870. The highest BCUT2D eigenvalue weighted by molar-refractivity contribution is 5.91. The van der Waals surface area contributed by atoms with Gasteiger partial charge in [-0.3, -0.25) is 10.1 Å². The number of benzene rings is 3. The molecule has 0 amide bonds. The average molecular weight is 370 g/mol. The number of aryl methyl sites for hydroxylation is 1. The normalized spacial score (nSPS) is 10.9. The average Bonchev–Trinajstić information content (AvgIpc) is 2.72. The number of nitriles is 1. The van der Waals surface area contributed by atoms with Crippen molar-refractivity contribution in [1.82, 2.24) is 0 Å².